The minimum atomic E-state index is -0.885. The highest BCUT2D eigenvalue weighted by atomic mass is 35.5. The minimum Gasteiger partial charge on any atom is -0.356 e. The van der Waals surface area contributed by atoms with Crippen molar-refractivity contribution in [3.63, 3.8) is 0 Å². The first-order chi connectivity index (χ1) is 16.0. The molecular formula is C26H25ClN4OS. The molecular weight excluding hydrogens is 452 g/mol. The third-order valence-corrected chi connectivity index (χ3v) is 6.10. The second kappa shape index (κ2) is 10.1. The van der Waals surface area contributed by atoms with Crippen LogP contribution in [0, 0.1) is 0 Å². The van der Waals surface area contributed by atoms with Crippen molar-refractivity contribution >= 4 is 46.2 Å². The van der Waals surface area contributed by atoms with Crippen molar-refractivity contribution in [2.45, 2.75) is 25.6 Å². The number of carbonyl (C=O) groups is 1. The van der Waals surface area contributed by atoms with Crippen molar-refractivity contribution in [1.29, 1.82) is 0 Å². The van der Waals surface area contributed by atoms with E-state index in [4.69, 9.17) is 28.8 Å². The first-order valence-corrected chi connectivity index (χ1v) is 11.6. The van der Waals surface area contributed by atoms with Gasteiger partial charge in [-0.3, -0.25) is 4.79 Å². The van der Waals surface area contributed by atoms with Crippen molar-refractivity contribution in [3.8, 4) is 0 Å². The summed E-state index contributed by atoms with van der Waals surface area (Å²) in [5.74, 6) is -0.207. The minimum absolute atomic E-state index is 0.0263. The van der Waals surface area contributed by atoms with Crippen LogP contribution in [0.25, 0.3) is 0 Å². The number of nitrogens with one attached hydrogen (secondary N) is 2. The number of rotatable bonds is 5. The quantitative estimate of drug-likeness (QED) is 0.503. The topological polar surface area (TPSA) is 56.7 Å². The molecule has 0 fully saturated rings. The first kappa shape index (κ1) is 23.0. The Labute approximate surface area is 204 Å². The van der Waals surface area contributed by atoms with Crippen LogP contribution in [-0.2, 0) is 4.79 Å². The van der Waals surface area contributed by atoms with E-state index in [2.05, 4.69) is 29.7 Å². The van der Waals surface area contributed by atoms with Gasteiger partial charge in [0.1, 0.15) is 0 Å². The molecule has 0 aromatic heterocycles. The fourth-order valence-electron chi connectivity index (χ4n) is 3.90. The Morgan fingerprint density at radius 2 is 1.76 bits per heavy atom. The number of anilines is 1. The van der Waals surface area contributed by atoms with Crippen molar-refractivity contribution in [2.75, 3.05) is 11.9 Å². The lowest BCUT2D eigenvalue weighted by atomic mass is 10.0. The standard InChI is InChI=1S/C26H25ClN4OS/c1-3-21(17-10-6-4-7-11-17)28-26(33)30-24-25(32)31(2)22-15-14-19(27)16-20(22)23(29-24)18-12-8-5-9-13-18/h4-16,21,24H,3H2,1-2H3,(H2,28,30,33). The first-order valence-electron chi connectivity index (χ1n) is 10.8. The maximum atomic E-state index is 13.4. The Morgan fingerprint density at radius 3 is 2.42 bits per heavy atom. The number of likely N-dealkylation sites (N-methyl/N-ethyl adjacent to an activating group) is 1. The van der Waals surface area contributed by atoms with E-state index < -0.39 is 6.17 Å². The Kier molecular flexibility index (Phi) is 7.06. The van der Waals surface area contributed by atoms with Gasteiger partial charge in [-0.1, -0.05) is 79.2 Å². The molecule has 0 saturated heterocycles. The molecule has 2 N–H and O–H groups in total. The van der Waals surface area contributed by atoms with Gasteiger partial charge in [-0.2, -0.15) is 0 Å². The summed E-state index contributed by atoms with van der Waals surface area (Å²) in [6.45, 7) is 2.09. The molecule has 1 heterocycles. The summed E-state index contributed by atoms with van der Waals surface area (Å²) in [5, 5.41) is 7.41. The smallest absolute Gasteiger partial charge is 0.272 e. The highest BCUT2D eigenvalue weighted by molar-refractivity contribution is 7.80. The van der Waals surface area contributed by atoms with E-state index >= 15 is 0 Å². The molecule has 1 amide bonds. The molecule has 0 spiro atoms. The summed E-state index contributed by atoms with van der Waals surface area (Å²) >= 11 is 11.9. The van der Waals surface area contributed by atoms with Gasteiger partial charge >= 0.3 is 0 Å². The molecule has 0 aliphatic carbocycles. The average molecular weight is 477 g/mol. The third kappa shape index (κ3) is 5.07. The maximum absolute atomic E-state index is 13.4. The van der Waals surface area contributed by atoms with Gasteiger partial charge in [0.15, 0.2) is 5.11 Å². The molecule has 3 aromatic carbocycles. The van der Waals surface area contributed by atoms with Crippen LogP contribution in [-0.4, -0.2) is 29.9 Å². The van der Waals surface area contributed by atoms with Gasteiger partial charge in [0, 0.05) is 23.2 Å². The van der Waals surface area contributed by atoms with Crippen LogP contribution in [0.15, 0.2) is 83.9 Å². The highest BCUT2D eigenvalue weighted by Crippen LogP contribution is 2.30. The molecule has 5 nitrogen and oxygen atoms in total. The summed E-state index contributed by atoms with van der Waals surface area (Å²) in [7, 11) is 1.74. The molecule has 2 unspecified atom stereocenters. The predicted octanol–water partition coefficient (Wildman–Crippen LogP) is 5.10. The second-order valence-corrected chi connectivity index (χ2v) is 8.64. The van der Waals surface area contributed by atoms with Crippen LogP contribution in [0.2, 0.25) is 5.02 Å². The van der Waals surface area contributed by atoms with Gasteiger partial charge < -0.3 is 15.5 Å². The van der Waals surface area contributed by atoms with E-state index in [1.54, 1.807) is 18.0 Å². The molecule has 7 heteroatoms. The Bertz CT molecular complexity index is 1180. The molecule has 168 valence electrons. The molecule has 1 aliphatic heterocycles. The van der Waals surface area contributed by atoms with Crippen LogP contribution in [0.1, 0.15) is 36.1 Å². The molecule has 4 rings (SSSR count). The number of fused-ring (bicyclic) bond motifs is 1. The van der Waals surface area contributed by atoms with Gasteiger partial charge in [-0.05, 0) is 42.4 Å². The lowest BCUT2D eigenvalue weighted by Crippen LogP contribution is -2.49. The highest BCUT2D eigenvalue weighted by Gasteiger charge is 2.31. The summed E-state index contributed by atoms with van der Waals surface area (Å²) in [5.41, 5.74) is 4.24. The molecule has 0 bridgehead atoms. The molecule has 33 heavy (non-hydrogen) atoms. The van der Waals surface area contributed by atoms with E-state index in [9.17, 15) is 4.79 Å². The number of hydrogen-bond donors (Lipinski definition) is 2. The normalized spacial score (nSPS) is 16.3. The van der Waals surface area contributed by atoms with Crippen molar-refractivity contribution in [2.24, 2.45) is 4.99 Å². The third-order valence-electron chi connectivity index (χ3n) is 5.63. The fraction of sp³-hybridized carbons (Fsp3) is 0.192. The van der Waals surface area contributed by atoms with Gasteiger partial charge in [0.05, 0.1) is 17.4 Å². The summed E-state index contributed by atoms with van der Waals surface area (Å²) in [4.78, 5) is 19.8. The van der Waals surface area contributed by atoms with Crippen LogP contribution in [0.3, 0.4) is 0 Å². The molecule has 1 aliphatic rings. The van der Waals surface area contributed by atoms with E-state index in [-0.39, 0.29) is 11.9 Å². The molecule has 0 saturated carbocycles. The fourth-order valence-corrected chi connectivity index (χ4v) is 4.32. The number of thiocarbonyl (C=S) groups is 1. The number of aliphatic imine (C=N–C) groups is 1. The lowest BCUT2D eigenvalue weighted by Gasteiger charge is -2.24. The lowest BCUT2D eigenvalue weighted by molar-refractivity contribution is -0.119. The van der Waals surface area contributed by atoms with Crippen LogP contribution in [0.4, 0.5) is 5.69 Å². The van der Waals surface area contributed by atoms with Crippen molar-refractivity contribution < 1.29 is 4.79 Å². The zero-order chi connectivity index (χ0) is 23.4. The summed E-state index contributed by atoms with van der Waals surface area (Å²) in [6.07, 6.45) is -0.0445. The van der Waals surface area contributed by atoms with Gasteiger partial charge in [0.25, 0.3) is 5.91 Å². The molecule has 3 aromatic rings. The monoisotopic (exact) mass is 476 g/mol. The van der Waals surface area contributed by atoms with E-state index in [0.29, 0.717) is 15.8 Å². The van der Waals surface area contributed by atoms with Gasteiger partial charge in [-0.15, -0.1) is 0 Å². The summed E-state index contributed by atoms with van der Waals surface area (Å²) < 4.78 is 0. The number of carbonyl (C=O) groups excluding carboxylic acids is 1. The summed E-state index contributed by atoms with van der Waals surface area (Å²) in [6, 6.07) is 25.3. The molecule has 0 radical (unpaired) electrons. The second-order valence-electron chi connectivity index (χ2n) is 7.79. The number of nitrogens with zero attached hydrogens (tertiary/aromatic N) is 2. The zero-order valence-electron chi connectivity index (χ0n) is 18.5. The van der Waals surface area contributed by atoms with Crippen LogP contribution >= 0.6 is 23.8 Å². The largest absolute Gasteiger partial charge is 0.356 e. The van der Waals surface area contributed by atoms with Crippen molar-refractivity contribution in [1.82, 2.24) is 10.6 Å². The number of benzene rings is 3. The zero-order valence-corrected chi connectivity index (χ0v) is 20.0. The van der Waals surface area contributed by atoms with Crippen molar-refractivity contribution in [3.05, 3.63) is 101 Å². The van der Waals surface area contributed by atoms with Gasteiger partial charge in [-0.25, -0.2) is 4.99 Å². The maximum Gasteiger partial charge on any atom is 0.272 e. The SMILES string of the molecule is CCC(NC(=S)NC1N=C(c2ccccc2)c2cc(Cl)ccc2N(C)C1=O)c1ccccc1. The van der Waals surface area contributed by atoms with E-state index in [1.165, 1.54) is 0 Å². The number of hydrogen-bond acceptors (Lipinski definition) is 3. The molecule has 2 atom stereocenters. The average Bonchev–Trinajstić information content (AvgIpc) is 2.94. The Hall–Kier alpha value is -3.22. The van der Waals surface area contributed by atoms with Crippen LogP contribution < -0.4 is 15.5 Å². The number of halogens is 1. The van der Waals surface area contributed by atoms with E-state index in [1.807, 2.05) is 60.7 Å². The van der Waals surface area contributed by atoms with E-state index in [0.717, 1.165) is 28.8 Å². The number of amides is 1. The predicted molar refractivity (Wildman–Crippen MR) is 139 cm³/mol. The Morgan fingerprint density at radius 1 is 1.09 bits per heavy atom. The number of benzodiazepines with no additional fused rings is 1. The van der Waals surface area contributed by atoms with Gasteiger partial charge in [0.2, 0.25) is 6.17 Å². The Balaban J connectivity index is 1.67. The van der Waals surface area contributed by atoms with Crippen LogP contribution in [0.5, 0.6) is 0 Å².